The van der Waals surface area contributed by atoms with Gasteiger partial charge in [0.1, 0.15) is 5.75 Å². The number of hydrogen-bond acceptors (Lipinski definition) is 4. The molecule has 0 unspecified atom stereocenters. The van der Waals surface area contributed by atoms with E-state index in [9.17, 15) is 5.11 Å². The molecule has 4 heteroatoms. The highest BCUT2D eigenvalue weighted by Crippen LogP contribution is 2.28. The fraction of sp³-hybridized carbons (Fsp3) is 0.214. The molecule has 0 radical (unpaired) electrons. The maximum atomic E-state index is 9.64. The first kappa shape index (κ1) is 12.9. The minimum absolute atomic E-state index is 0.449. The SMILES string of the molecule is CSc1ccc(Oc2ncccc2[C@H](C)O)cc1. The van der Waals surface area contributed by atoms with E-state index in [1.165, 1.54) is 4.90 Å². The fourth-order valence-corrected chi connectivity index (χ4v) is 1.97. The second-order valence-electron chi connectivity index (χ2n) is 3.85. The number of benzene rings is 1. The van der Waals surface area contributed by atoms with Crippen LogP contribution in [0.2, 0.25) is 0 Å². The van der Waals surface area contributed by atoms with Crippen molar-refractivity contribution >= 4 is 11.8 Å². The number of rotatable bonds is 4. The molecule has 0 amide bonds. The summed E-state index contributed by atoms with van der Waals surface area (Å²) in [6.07, 6.45) is 3.08. The summed E-state index contributed by atoms with van der Waals surface area (Å²) in [5.74, 6) is 1.16. The van der Waals surface area contributed by atoms with Gasteiger partial charge >= 0.3 is 0 Å². The van der Waals surface area contributed by atoms with Gasteiger partial charge in [0.2, 0.25) is 5.88 Å². The number of aliphatic hydroxyl groups excluding tert-OH is 1. The summed E-state index contributed by atoms with van der Waals surface area (Å²) in [5, 5.41) is 9.64. The smallest absolute Gasteiger partial charge is 0.225 e. The van der Waals surface area contributed by atoms with Gasteiger partial charge in [0, 0.05) is 16.7 Å². The summed E-state index contributed by atoms with van der Waals surface area (Å²) in [4.78, 5) is 5.33. The van der Waals surface area contributed by atoms with E-state index in [-0.39, 0.29) is 0 Å². The van der Waals surface area contributed by atoms with Crippen LogP contribution < -0.4 is 4.74 Å². The molecular formula is C14H15NO2S. The third kappa shape index (κ3) is 3.03. The average molecular weight is 261 g/mol. The van der Waals surface area contributed by atoms with Crippen LogP contribution in [0.15, 0.2) is 47.5 Å². The first-order valence-electron chi connectivity index (χ1n) is 5.65. The molecule has 2 rings (SSSR count). The monoisotopic (exact) mass is 261 g/mol. The van der Waals surface area contributed by atoms with Crippen molar-refractivity contribution in [2.75, 3.05) is 6.26 Å². The van der Waals surface area contributed by atoms with Crippen LogP contribution in [0.25, 0.3) is 0 Å². The van der Waals surface area contributed by atoms with E-state index < -0.39 is 6.10 Å². The molecule has 1 aromatic carbocycles. The minimum atomic E-state index is -0.598. The van der Waals surface area contributed by atoms with Crippen LogP contribution in [0, 0.1) is 0 Å². The number of aromatic nitrogens is 1. The van der Waals surface area contributed by atoms with Crippen molar-refractivity contribution in [1.82, 2.24) is 4.98 Å². The molecule has 1 atom stereocenters. The van der Waals surface area contributed by atoms with E-state index in [2.05, 4.69) is 4.98 Å². The second-order valence-corrected chi connectivity index (χ2v) is 4.73. The predicted molar refractivity (Wildman–Crippen MR) is 73.2 cm³/mol. The molecule has 0 spiro atoms. The van der Waals surface area contributed by atoms with Crippen molar-refractivity contribution < 1.29 is 9.84 Å². The van der Waals surface area contributed by atoms with Gasteiger partial charge in [-0.3, -0.25) is 0 Å². The summed E-state index contributed by atoms with van der Waals surface area (Å²) in [6, 6.07) is 11.4. The molecular weight excluding hydrogens is 246 g/mol. The Morgan fingerprint density at radius 1 is 1.22 bits per heavy atom. The maximum Gasteiger partial charge on any atom is 0.225 e. The molecule has 0 aliphatic carbocycles. The van der Waals surface area contributed by atoms with Gasteiger partial charge in [0.15, 0.2) is 0 Å². The van der Waals surface area contributed by atoms with Crippen molar-refractivity contribution in [3.8, 4) is 11.6 Å². The molecule has 0 fully saturated rings. The number of hydrogen-bond donors (Lipinski definition) is 1. The van der Waals surface area contributed by atoms with E-state index >= 15 is 0 Å². The Morgan fingerprint density at radius 3 is 2.56 bits per heavy atom. The molecule has 0 aliphatic rings. The molecule has 2 aromatic rings. The summed E-state index contributed by atoms with van der Waals surface area (Å²) in [6.45, 7) is 1.70. The molecule has 1 aromatic heterocycles. The quantitative estimate of drug-likeness (QED) is 0.853. The first-order valence-corrected chi connectivity index (χ1v) is 6.88. The highest BCUT2D eigenvalue weighted by atomic mass is 32.2. The van der Waals surface area contributed by atoms with Gasteiger partial charge in [-0.25, -0.2) is 4.98 Å². The first-order chi connectivity index (χ1) is 8.70. The fourth-order valence-electron chi connectivity index (χ4n) is 1.56. The van der Waals surface area contributed by atoms with Crippen LogP contribution in [0.1, 0.15) is 18.6 Å². The maximum absolute atomic E-state index is 9.64. The summed E-state index contributed by atoms with van der Waals surface area (Å²) in [5.41, 5.74) is 0.687. The van der Waals surface area contributed by atoms with E-state index in [0.717, 1.165) is 0 Å². The second kappa shape index (κ2) is 5.89. The largest absolute Gasteiger partial charge is 0.439 e. The van der Waals surface area contributed by atoms with Crippen LogP contribution in [-0.4, -0.2) is 16.3 Å². The highest BCUT2D eigenvalue weighted by Gasteiger charge is 2.10. The topological polar surface area (TPSA) is 42.4 Å². The molecule has 0 saturated carbocycles. The Morgan fingerprint density at radius 2 is 1.94 bits per heavy atom. The van der Waals surface area contributed by atoms with Crippen LogP contribution >= 0.6 is 11.8 Å². The van der Waals surface area contributed by atoms with E-state index in [4.69, 9.17) is 4.74 Å². The van der Waals surface area contributed by atoms with Crippen LogP contribution in [-0.2, 0) is 0 Å². The van der Waals surface area contributed by atoms with Crippen LogP contribution in [0.4, 0.5) is 0 Å². The number of aliphatic hydroxyl groups is 1. The zero-order chi connectivity index (χ0) is 13.0. The van der Waals surface area contributed by atoms with Gasteiger partial charge < -0.3 is 9.84 Å². The standard InChI is InChI=1S/C14H15NO2S/c1-10(16)13-4-3-9-15-14(13)17-11-5-7-12(18-2)8-6-11/h3-10,16H,1-2H3/t10-/m0/s1. The van der Waals surface area contributed by atoms with Crippen molar-refractivity contribution in [2.24, 2.45) is 0 Å². The van der Waals surface area contributed by atoms with Crippen LogP contribution in [0.5, 0.6) is 11.6 Å². The number of ether oxygens (including phenoxy) is 1. The lowest BCUT2D eigenvalue weighted by atomic mass is 10.2. The zero-order valence-electron chi connectivity index (χ0n) is 10.3. The lowest BCUT2D eigenvalue weighted by Gasteiger charge is -2.11. The summed E-state index contributed by atoms with van der Waals surface area (Å²) >= 11 is 1.68. The molecule has 3 nitrogen and oxygen atoms in total. The van der Waals surface area contributed by atoms with Gasteiger partial charge in [-0.1, -0.05) is 0 Å². The van der Waals surface area contributed by atoms with E-state index in [0.29, 0.717) is 17.2 Å². The Kier molecular flexibility index (Phi) is 4.23. The lowest BCUT2D eigenvalue weighted by molar-refractivity contribution is 0.194. The summed E-state index contributed by atoms with van der Waals surface area (Å²) < 4.78 is 5.69. The minimum Gasteiger partial charge on any atom is -0.439 e. The Hall–Kier alpha value is -1.52. The molecule has 1 heterocycles. The third-order valence-electron chi connectivity index (χ3n) is 2.52. The van der Waals surface area contributed by atoms with Crippen molar-refractivity contribution in [3.63, 3.8) is 0 Å². The van der Waals surface area contributed by atoms with Crippen LogP contribution in [0.3, 0.4) is 0 Å². The Labute approximate surface area is 111 Å². The van der Waals surface area contributed by atoms with Gasteiger partial charge in [0.05, 0.1) is 6.10 Å². The summed E-state index contributed by atoms with van der Waals surface area (Å²) in [7, 11) is 0. The molecule has 0 aliphatic heterocycles. The number of nitrogens with zero attached hydrogens (tertiary/aromatic N) is 1. The molecule has 18 heavy (non-hydrogen) atoms. The average Bonchev–Trinajstić information content (AvgIpc) is 2.40. The van der Waals surface area contributed by atoms with Gasteiger partial charge in [-0.2, -0.15) is 0 Å². The Balaban J connectivity index is 2.22. The molecule has 0 bridgehead atoms. The van der Waals surface area contributed by atoms with Crippen molar-refractivity contribution in [2.45, 2.75) is 17.9 Å². The van der Waals surface area contributed by atoms with Crippen molar-refractivity contribution in [1.29, 1.82) is 0 Å². The zero-order valence-corrected chi connectivity index (χ0v) is 11.1. The number of pyridine rings is 1. The Bertz CT molecular complexity index is 511. The molecule has 1 N–H and O–H groups in total. The highest BCUT2D eigenvalue weighted by molar-refractivity contribution is 7.98. The van der Waals surface area contributed by atoms with Gasteiger partial charge in [-0.15, -0.1) is 11.8 Å². The molecule has 0 saturated heterocycles. The van der Waals surface area contributed by atoms with E-state index in [1.54, 1.807) is 30.9 Å². The predicted octanol–water partition coefficient (Wildman–Crippen LogP) is 3.65. The third-order valence-corrected chi connectivity index (χ3v) is 3.27. The van der Waals surface area contributed by atoms with Crippen molar-refractivity contribution in [3.05, 3.63) is 48.2 Å². The van der Waals surface area contributed by atoms with Gasteiger partial charge in [0.25, 0.3) is 0 Å². The molecule has 94 valence electrons. The van der Waals surface area contributed by atoms with E-state index in [1.807, 2.05) is 36.6 Å². The van der Waals surface area contributed by atoms with Gasteiger partial charge in [-0.05, 0) is 49.6 Å². The lowest BCUT2D eigenvalue weighted by Crippen LogP contribution is -1.97. The number of thioether (sulfide) groups is 1. The normalized spacial score (nSPS) is 12.2.